The van der Waals surface area contributed by atoms with Crippen LogP contribution >= 0.6 is 0 Å². The maximum Gasteiger partial charge on any atom is 0.134 e. The Morgan fingerprint density at radius 1 is 0.588 bits per heavy atom. The van der Waals surface area contributed by atoms with Crippen LogP contribution in [0.1, 0.15) is 104 Å². The van der Waals surface area contributed by atoms with E-state index in [1.54, 1.807) is 0 Å². The molecule has 7 heteroatoms. The summed E-state index contributed by atoms with van der Waals surface area (Å²) in [5.74, 6) is 3.91. The van der Waals surface area contributed by atoms with Gasteiger partial charge in [-0.05, 0) is 99.1 Å². The molecule has 0 saturated carbocycles. The van der Waals surface area contributed by atoms with Crippen LogP contribution in [0, 0.1) is 12.1 Å². The van der Waals surface area contributed by atoms with Crippen molar-refractivity contribution in [3.63, 3.8) is 0 Å². The normalized spacial score (nSPS) is 12.1. The van der Waals surface area contributed by atoms with E-state index in [1.807, 2.05) is 42.6 Å². The molecule has 11 rings (SSSR count). The predicted octanol–water partition coefficient (Wildman–Crippen LogP) is 16.7. The number of hydrogen-bond acceptors (Lipinski definition) is 5. The molecular weight excluding hydrogens is 1010 g/mol. The summed E-state index contributed by atoms with van der Waals surface area (Å²) in [5.41, 5.74) is 11.2. The number of imidazole rings is 1. The molecule has 11 aromatic rings. The fourth-order valence-electron chi connectivity index (χ4n) is 9.12. The predicted molar refractivity (Wildman–Crippen MR) is 277 cm³/mol. The second-order valence-electron chi connectivity index (χ2n) is 20.3. The van der Waals surface area contributed by atoms with Crippen LogP contribution in [0.3, 0.4) is 0 Å². The van der Waals surface area contributed by atoms with E-state index >= 15 is 0 Å². The Labute approximate surface area is 412 Å². The Morgan fingerprint density at radius 3 is 2.01 bits per heavy atom. The van der Waals surface area contributed by atoms with Crippen LogP contribution in [0.5, 0.6) is 0 Å². The van der Waals surface area contributed by atoms with Crippen molar-refractivity contribution in [3.05, 3.63) is 180 Å². The Morgan fingerprint density at radius 2 is 1.31 bits per heavy atom. The van der Waals surface area contributed by atoms with Crippen LogP contribution in [0.15, 0.2) is 155 Å². The number of aromatic nitrogens is 4. The fourth-order valence-corrected chi connectivity index (χ4v) is 9.12. The van der Waals surface area contributed by atoms with Crippen molar-refractivity contribution in [2.45, 2.75) is 91.9 Å². The van der Waals surface area contributed by atoms with Crippen LogP contribution in [0.25, 0.3) is 94.3 Å². The van der Waals surface area contributed by atoms with Crippen LogP contribution in [0.2, 0.25) is 0 Å². The maximum absolute atomic E-state index is 6.85. The summed E-state index contributed by atoms with van der Waals surface area (Å²) in [6.45, 7) is 22.1. The zero-order valence-corrected chi connectivity index (χ0v) is 42.8. The topological polar surface area (TPSA) is 69.9 Å². The molecule has 0 atom stereocenters. The smallest absolute Gasteiger partial charge is 0.134 e. The first-order valence-electron chi connectivity index (χ1n) is 23.4. The van der Waals surface area contributed by atoms with Gasteiger partial charge in [-0.1, -0.05) is 129 Å². The maximum atomic E-state index is 6.85. The summed E-state index contributed by atoms with van der Waals surface area (Å²) in [4.78, 5) is 14.2. The number of para-hydroxylation sites is 2. The van der Waals surface area contributed by atoms with Crippen LogP contribution in [-0.2, 0) is 30.9 Å². The number of hydrogen-bond donors (Lipinski definition) is 0. The van der Waals surface area contributed by atoms with Crippen molar-refractivity contribution in [3.8, 4) is 39.8 Å². The van der Waals surface area contributed by atoms with Crippen molar-refractivity contribution < 1.29 is 28.9 Å². The van der Waals surface area contributed by atoms with Gasteiger partial charge >= 0.3 is 0 Å². The van der Waals surface area contributed by atoms with E-state index in [9.17, 15) is 0 Å². The minimum atomic E-state index is -0.0702. The van der Waals surface area contributed by atoms with E-state index in [2.05, 4.69) is 199 Å². The van der Waals surface area contributed by atoms with E-state index < -0.39 is 0 Å². The molecule has 6 nitrogen and oxygen atoms in total. The van der Waals surface area contributed by atoms with Gasteiger partial charge in [0.1, 0.15) is 17.1 Å². The van der Waals surface area contributed by atoms with E-state index in [0.29, 0.717) is 0 Å². The Balaban J connectivity index is 0.000000289. The SMILES string of the molecule is CC(C)(C)c1ccnc(-c2[c-]cccc2)n1.CC(C)c1cc(-c2ccc(C(C)(C)C)o2)cc(C(C)C)c1-n1c(-c2[c-]ccc3c2oc2cc4c(ccc5ccccc54)cc23)nc2ccccc21.[Ir]. The molecular formula is C61H56IrN4O2-2. The third kappa shape index (κ3) is 8.59. The van der Waals surface area contributed by atoms with Crippen molar-refractivity contribution in [1.82, 2.24) is 19.5 Å². The molecule has 68 heavy (non-hydrogen) atoms. The first-order valence-corrected chi connectivity index (χ1v) is 23.4. The molecule has 0 N–H and O–H groups in total. The zero-order valence-electron chi connectivity index (χ0n) is 40.4. The fraction of sp³-hybridized carbons (Fsp3) is 0.230. The minimum absolute atomic E-state index is 0. The largest absolute Gasteiger partial charge is 0.501 e. The van der Waals surface area contributed by atoms with Gasteiger partial charge < -0.3 is 13.4 Å². The van der Waals surface area contributed by atoms with Gasteiger partial charge in [-0.2, -0.15) is 0 Å². The van der Waals surface area contributed by atoms with E-state index in [4.69, 9.17) is 13.8 Å². The second kappa shape index (κ2) is 18.1. The summed E-state index contributed by atoms with van der Waals surface area (Å²) in [5, 5.41) is 6.97. The van der Waals surface area contributed by atoms with Gasteiger partial charge in [-0.15, -0.1) is 54.1 Å². The number of rotatable bonds is 6. The van der Waals surface area contributed by atoms with E-state index in [-0.39, 0.29) is 42.8 Å². The van der Waals surface area contributed by atoms with Gasteiger partial charge in [-0.3, -0.25) is 15.0 Å². The first-order chi connectivity index (χ1) is 32.1. The zero-order chi connectivity index (χ0) is 46.8. The number of furan rings is 2. The second-order valence-corrected chi connectivity index (χ2v) is 20.3. The Bertz CT molecular complexity index is 3590. The summed E-state index contributed by atoms with van der Waals surface area (Å²) >= 11 is 0. The average molecular weight is 1070 g/mol. The van der Waals surface area contributed by atoms with Gasteiger partial charge in [-0.25, -0.2) is 0 Å². The summed E-state index contributed by atoms with van der Waals surface area (Å²) < 4.78 is 15.7. The first kappa shape index (κ1) is 46.4. The molecule has 0 aliphatic heterocycles. The molecule has 0 fully saturated rings. The molecule has 4 aromatic heterocycles. The van der Waals surface area contributed by atoms with Crippen molar-refractivity contribution in [2.75, 3.05) is 0 Å². The monoisotopic (exact) mass is 1070 g/mol. The third-order valence-electron chi connectivity index (χ3n) is 12.7. The average Bonchev–Trinajstić information content (AvgIpc) is 4.07. The molecule has 0 aliphatic rings. The van der Waals surface area contributed by atoms with Gasteiger partial charge in [0, 0.05) is 59.5 Å². The standard InChI is InChI=1S/C47H41N2O2.C14H15N2.Ir/c1-27(2)35-24-31(41-21-22-43(50-41)47(5,6)7)25-36(28(3)4)44(35)49-40-18-11-10-17-39(40)48-46(49)34-16-12-15-33-38-23-30-20-19-29-13-8-9-14-32(29)37(30)26-42(38)51-45(33)34;1-14(2,3)12-9-10-15-13(16-12)11-7-5-4-6-8-11;/h8-15,17-28H,1-7H3;4-7,9-10H,1-3H3;/q2*-1;. The van der Waals surface area contributed by atoms with Crippen molar-refractivity contribution in [2.24, 2.45) is 0 Å². The summed E-state index contributed by atoms with van der Waals surface area (Å²) in [6.07, 6.45) is 1.81. The van der Waals surface area contributed by atoms with Gasteiger partial charge in [0.25, 0.3) is 0 Å². The molecule has 0 unspecified atom stereocenters. The third-order valence-corrected chi connectivity index (χ3v) is 12.7. The van der Waals surface area contributed by atoms with Gasteiger partial charge in [0.05, 0.1) is 28.3 Å². The van der Waals surface area contributed by atoms with Gasteiger partial charge in [0.2, 0.25) is 0 Å². The van der Waals surface area contributed by atoms with Crippen LogP contribution in [0.4, 0.5) is 0 Å². The summed E-state index contributed by atoms with van der Waals surface area (Å²) in [6, 6.07) is 55.3. The number of nitrogens with zero attached hydrogens (tertiary/aromatic N) is 4. The summed E-state index contributed by atoms with van der Waals surface area (Å²) in [7, 11) is 0. The molecule has 1 radical (unpaired) electrons. The molecule has 0 bridgehead atoms. The molecule has 4 heterocycles. The molecule has 0 spiro atoms. The van der Waals surface area contributed by atoms with Crippen LogP contribution < -0.4 is 0 Å². The van der Waals surface area contributed by atoms with E-state index in [0.717, 1.165) is 84.2 Å². The molecule has 0 amide bonds. The van der Waals surface area contributed by atoms with Crippen molar-refractivity contribution >= 4 is 54.5 Å². The molecule has 343 valence electrons. The Hall–Kier alpha value is -6.66. The van der Waals surface area contributed by atoms with E-state index in [1.165, 1.54) is 32.7 Å². The Kier molecular flexibility index (Phi) is 12.4. The minimum Gasteiger partial charge on any atom is -0.501 e. The quantitative estimate of drug-likeness (QED) is 0.123. The number of fused-ring (bicyclic) bond motifs is 7. The molecule has 0 saturated heterocycles. The van der Waals surface area contributed by atoms with Crippen LogP contribution in [-0.4, -0.2) is 19.5 Å². The molecule has 7 aromatic carbocycles. The number of benzene rings is 7. The van der Waals surface area contributed by atoms with Crippen molar-refractivity contribution in [1.29, 1.82) is 0 Å². The van der Waals surface area contributed by atoms with Gasteiger partial charge in [0.15, 0.2) is 0 Å². The molecule has 0 aliphatic carbocycles.